The van der Waals surface area contributed by atoms with Gasteiger partial charge in [0.05, 0.1) is 0 Å². The Hall–Kier alpha value is 0.880. The summed E-state index contributed by atoms with van der Waals surface area (Å²) in [5, 5.41) is 0.715. The molecule has 4 heteroatoms. The fraction of sp³-hybridized carbons (Fsp3) is 0.556. The van der Waals surface area contributed by atoms with Gasteiger partial charge in [-0.3, -0.25) is 0 Å². The van der Waals surface area contributed by atoms with Gasteiger partial charge in [0.25, 0.3) is 0 Å². The van der Waals surface area contributed by atoms with Crippen molar-refractivity contribution in [3.05, 3.63) is 25.3 Å². The van der Waals surface area contributed by atoms with Crippen molar-refractivity contribution in [2.45, 2.75) is 12.2 Å². The van der Waals surface area contributed by atoms with Gasteiger partial charge in [-0.1, -0.05) is 40.7 Å². The van der Waals surface area contributed by atoms with Gasteiger partial charge in [-0.25, -0.2) is 0 Å². The van der Waals surface area contributed by atoms with E-state index in [-0.39, 0.29) is 0 Å². The summed E-state index contributed by atoms with van der Waals surface area (Å²) in [6.45, 7) is 9.64. The van der Waals surface area contributed by atoms with Gasteiger partial charge in [-0.05, 0) is 9.83 Å². The molecule has 13 heavy (non-hydrogen) atoms. The number of rotatable bonds is 9. The third kappa shape index (κ3) is 10.8. The van der Waals surface area contributed by atoms with Crippen LogP contribution in [-0.2, 0) is 0 Å². The van der Waals surface area contributed by atoms with E-state index in [0.29, 0.717) is 5.25 Å². The minimum atomic E-state index is 0.715. The molecule has 0 nitrogen and oxygen atoms in total. The minimum Gasteiger partial charge on any atom is -0.157 e. The molecule has 0 saturated carbocycles. The Morgan fingerprint density at radius 3 is 2.54 bits per heavy atom. The highest BCUT2D eigenvalue weighted by Gasteiger charge is 2.02. The Bertz CT molecular complexity index is 136. The highest BCUT2D eigenvalue weighted by Crippen LogP contribution is 2.38. The summed E-state index contributed by atoms with van der Waals surface area (Å²) >= 11 is 1.94. The normalized spacial score (nSPS) is 12.4. The molecule has 1 atom stereocenters. The molecule has 0 aromatic rings. The van der Waals surface area contributed by atoms with Crippen LogP contribution in [0.15, 0.2) is 25.3 Å². The van der Waals surface area contributed by atoms with Gasteiger partial charge >= 0.3 is 0 Å². The van der Waals surface area contributed by atoms with Gasteiger partial charge < -0.3 is 0 Å². The van der Waals surface area contributed by atoms with Crippen molar-refractivity contribution in [2.24, 2.45) is 0 Å². The molecule has 0 heterocycles. The van der Waals surface area contributed by atoms with Crippen LogP contribution in [0.5, 0.6) is 0 Å². The van der Waals surface area contributed by atoms with E-state index in [1.165, 1.54) is 5.75 Å². The van der Waals surface area contributed by atoms with Crippen LogP contribution in [0.25, 0.3) is 0 Å². The lowest BCUT2D eigenvalue weighted by atomic mass is 10.6. The smallest absolute Gasteiger partial charge is 0.0223 e. The van der Waals surface area contributed by atoms with Crippen molar-refractivity contribution in [1.29, 1.82) is 0 Å². The average Bonchev–Trinajstić information content (AvgIpc) is 2.13. The van der Waals surface area contributed by atoms with Crippen molar-refractivity contribution in [2.75, 3.05) is 17.3 Å². The third-order valence-corrected chi connectivity index (χ3v) is 6.98. The lowest BCUT2D eigenvalue weighted by Crippen LogP contribution is -1.97. The van der Waals surface area contributed by atoms with Gasteiger partial charge in [-0.2, -0.15) is 11.8 Å². The molecule has 0 spiro atoms. The highest BCUT2D eigenvalue weighted by atomic mass is 33.5. The van der Waals surface area contributed by atoms with E-state index < -0.39 is 0 Å². The number of hydrogen-bond acceptors (Lipinski definition) is 4. The maximum absolute atomic E-state index is 3.70. The first-order valence-corrected chi connectivity index (χ1v) is 8.92. The summed E-state index contributed by atoms with van der Waals surface area (Å²) in [5.41, 5.74) is 0. The zero-order chi connectivity index (χ0) is 9.94. The molecular formula is C9H16S4. The largest absolute Gasteiger partial charge is 0.157 e. The van der Waals surface area contributed by atoms with E-state index in [0.717, 1.165) is 11.5 Å². The molecule has 0 radical (unpaired) electrons. The van der Waals surface area contributed by atoms with Crippen molar-refractivity contribution in [3.63, 3.8) is 0 Å². The summed E-state index contributed by atoms with van der Waals surface area (Å²) in [5.74, 6) is 3.30. The Morgan fingerprint density at radius 2 is 1.92 bits per heavy atom. The molecule has 0 bridgehead atoms. The predicted molar refractivity (Wildman–Crippen MR) is 74.8 cm³/mol. The molecule has 0 amide bonds. The van der Waals surface area contributed by atoms with Gasteiger partial charge in [0.15, 0.2) is 0 Å². The molecule has 0 aromatic carbocycles. The summed E-state index contributed by atoms with van der Waals surface area (Å²) in [6, 6.07) is 0. The first kappa shape index (κ1) is 13.9. The standard InChI is InChI=1S/C9H16S4/c1-4-6-10-8-9(3)12-13-11-7-5-2/h4-5,9H,1-2,6-8H2,3H3. The summed E-state index contributed by atoms with van der Waals surface area (Å²) < 4.78 is 0. The Labute approximate surface area is 97.6 Å². The van der Waals surface area contributed by atoms with Crippen LogP contribution in [0.3, 0.4) is 0 Å². The first-order valence-electron chi connectivity index (χ1n) is 4.05. The van der Waals surface area contributed by atoms with Gasteiger partial charge in [-0.15, -0.1) is 13.2 Å². The molecule has 0 N–H and O–H groups in total. The van der Waals surface area contributed by atoms with E-state index in [2.05, 4.69) is 20.1 Å². The summed E-state index contributed by atoms with van der Waals surface area (Å²) in [6.07, 6.45) is 3.90. The molecule has 0 aliphatic heterocycles. The van der Waals surface area contributed by atoms with Crippen molar-refractivity contribution >= 4 is 43.2 Å². The number of thioether (sulfide) groups is 1. The van der Waals surface area contributed by atoms with Crippen LogP contribution in [0, 0.1) is 0 Å². The minimum absolute atomic E-state index is 0.715. The zero-order valence-corrected chi connectivity index (χ0v) is 11.2. The van der Waals surface area contributed by atoms with E-state index in [1.54, 1.807) is 0 Å². The average molecular weight is 252 g/mol. The van der Waals surface area contributed by atoms with Crippen LogP contribution >= 0.6 is 43.2 Å². The second-order valence-electron chi connectivity index (χ2n) is 2.37. The highest BCUT2D eigenvalue weighted by molar-refractivity contribution is 9.09. The van der Waals surface area contributed by atoms with E-state index in [4.69, 9.17) is 0 Å². The molecule has 0 fully saturated rings. The van der Waals surface area contributed by atoms with Crippen molar-refractivity contribution in [3.8, 4) is 0 Å². The Kier molecular flexibility index (Phi) is 11.7. The molecule has 0 aliphatic carbocycles. The maximum Gasteiger partial charge on any atom is 0.0223 e. The topological polar surface area (TPSA) is 0 Å². The van der Waals surface area contributed by atoms with Gasteiger partial charge in [0.2, 0.25) is 0 Å². The fourth-order valence-electron chi connectivity index (χ4n) is 0.516. The summed E-state index contributed by atoms with van der Waals surface area (Å²) in [4.78, 5) is 0. The second-order valence-corrected chi connectivity index (χ2v) is 8.07. The van der Waals surface area contributed by atoms with Crippen LogP contribution in [0.1, 0.15) is 6.92 Å². The van der Waals surface area contributed by atoms with Gasteiger partial charge in [0.1, 0.15) is 0 Å². The molecule has 0 aliphatic rings. The van der Waals surface area contributed by atoms with E-state index in [9.17, 15) is 0 Å². The molecule has 0 aromatic heterocycles. The first-order chi connectivity index (χ1) is 6.31. The van der Waals surface area contributed by atoms with Crippen LogP contribution in [-0.4, -0.2) is 22.5 Å². The predicted octanol–water partition coefficient (Wildman–Crippen LogP) is 4.51. The lowest BCUT2D eigenvalue weighted by molar-refractivity contribution is 1.14. The second kappa shape index (κ2) is 11.0. The fourth-order valence-corrected chi connectivity index (χ4v) is 5.73. The van der Waals surface area contributed by atoms with Crippen molar-refractivity contribution < 1.29 is 0 Å². The number of hydrogen-bond donors (Lipinski definition) is 0. The monoisotopic (exact) mass is 252 g/mol. The molecule has 76 valence electrons. The zero-order valence-electron chi connectivity index (χ0n) is 7.90. The molecular weight excluding hydrogens is 236 g/mol. The van der Waals surface area contributed by atoms with Crippen LogP contribution < -0.4 is 0 Å². The Morgan fingerprint density at radius 1 is 1.23 bits per heavy atom. The maximum atomic E-state index is 3.70. The van der Waals surface area contributed by atoms with E-state index in [1.807, 2.05) is 55.3 Å². The Balaban J connectivity index is 3.14. The summed E-state index contributed by atoms with van der Waals surface area (Å²) in [7, 11) is 5.66. The molecule has 0 saturated heterocycles. The SMILES string of the molecule is C=CCSCC(C)SSSCC=C. The van der Waals surface area contributed by atoms with Crippen LogP contribution in [0.2, 0.25) is 0 Å². The molecule has 0 rings (SSSR count). The lowest BCUT2D eigenvalue weighted by Gasteiger charge is -2.07. The van der Waals surface area contributed by atoms with Crippen molar-refractivity contribution in [1.82, 2.24) is 0 Å². The quantitative estimate of drug-likeness (QED) is 0.336. The molecule has 1 unspecified atom stereocenters. The van der Waals surface area contributed by atoms with E-state index >= 15 is 0 Å². The van der Waals surface area contributed by atoms with Crippen LogP contribution in [0.4, 0.5) is 0 Å². The third-order valence-electron chi connectivity index (χ3n) is 1.03. The van der Waals surface area contributed by atoms with Gasteiger partial charge in [0, 0.05) is 22.5 Å².